The molecule has 1 saturated carbocycles. The standard InChI is InChI=1S/C21H35N3O/c1-4-25-15-14-21(12-8-9-13-21)17-24-20(22-3)23-16-18(2)19-10-6-5-7-11-19/h5-7,10-11,18H,4,8-9,12-17H2,1-3H3,(H2,22,23,24). The largest absolute Gasteiger partial charge is 0.382 e. The van der Waals surface area contributed by atoms with Crippen molar-refractivity contribution in [1.29, 1.82) is 0 Å². The molecule has 25 heavy (non-hydrogen) atoms. The molecule has 4 nitrogen and oxygen atoms in total. The molecule has 2 rings (SSSR count). The van der Waals surface area contributed by atoms with E-state index in [4.69, 9.17) is 4.74 Å². The highest BCUT2D eigenvalue weighted by Gasteiger charge is 2.33. The van der Waals surface area contributed by atoms with Gasteiger partial charge in [0.2, 0.25) is 0 Å². The number of aliphatic imine (C=N–C) groups is 1. The van der Waals surface area contributed by atoms with Gasteiger partial charge in [0.1, 0.15) is 0 Å². The Morgan fingerprint density at radius 1 is 1.20 bits per heavy atom. The van der Waals surface area contributed by atoms with Crippen LogP contribution in [0.5, 0.6) is 0 Å². The Morgan fingerprint density at radius 2 is 1.92 bits per heavy atom. The summed E-state index contributed by atoms with van der Waals surface area (Å²) in [7, 11) is 1.85. The van der Waals surface area contributed by atoms with Crippen LogP contribution < -0.4 is 10.6 Å². The number of hydrogen-bond acceptors (Lipinski definition) is 2. The van der Waals surface area contributed by atoms with Crippen LogP contribution >= 0.6 is 0 Å². The molecule has 0 spiro atoms. The second-order valence-electron chi connectivity index (χ2n) is 7.27. The van der Waals surface area contributed by atoms with Crippen molar-refractivity contribution < 1.29 is 4.74 Å². The Balaban J connectivity index is 1.80. The Labute approximate surface area is 153 Å². The van der Waals surface area contributed by atoms with Crippen molar-refractivity contribution in [2.24, 2.45) is 10.4 Å². The maximum atomic E-state index is 5.61. The molecule has 1 unspecified atom stereocenters. The summed E-state index contributed by atoms with van der Waals surface area (Å²) in [5.74, 6) is 1.36. The van der Waals surface area contributed by atoms with Gasteiger partial charge in [0.25, 0.3) is 0 Å². The molecule has 1 aliphatic carbocycles. The normalized spacial score (nSPS) is 18.1. The molecule has 1 aromatic carbocycles. The minimum atomic E-state index is 0.373. The van der Waals surface area contributed by atoms with Crippen molar-refractivity contribution in [3.8, 4) is 0 Å². The predicted molar refractivity (Wildman–Crippen MR) is 106 cm³/mol. The van der Waals surface area contributed by atoms with Crippen LogP contribution in [-0.4, -0.2) is 39.3 Å². The Hall–Kier alpha value is -1.55. The fourth-order valence-electron chi connectivity index (χ4n) is 3.71. The first kappa shape index (κ1) is 19.8. The number of nitrogens with one attached hydrogen (secondary N) is 2. The van der Waals surface area contributed by atoms with E-state index in [1.54, 1.807) is 0 Å². The number of ether oxygens (including phenoxy) is 1. The topological polar surface area (TPSA) is 45.6 Å². The first-order valence-corrected chi connectivity index (χ1v) is 9.76. The van der Waals surface area contributed by atoms with E-state index in [-0.39, 0.29) is 0 Å². The van der Waals surface area contributed by atoms with Crippen molar-refractivity contribution in [2.45, 2.75) is 51.9 Å². The second kappa shape index (κ2) is 10.4. The molecule has 4 heteroatoms. The van der Waals surface area contributed by atoms with Crippen molar-refractivity contribution in [3.05, 3.63) is 35.9 Å². The van der Waals surface area contributed by atoms with Crippen LogP contribution in [0, 0.1) is 5.41 Å². The highest BCUT2D eigenvalue weighted by atomic mass is 16.5. The summed E-state index contributed by atoms with van der Waals surface area (Å²) < 4.78 is 5.61. The molecule has 0 aromatic heterocycles. The lowest BCUT2D eigenvalue weighted by molar-refractivity contribution is 0.105. The van der Waals surface area contributed by atoms with Crippen LogP contribution in [0.15, 0.2) is 35.3 Å². The lowest BCUT2D eigenvalue weighted by Gasteiger charge is -2.30. The smallest absolute Gasteiger partial charge is 0.191 e. The number of guanidine groups is 1. The zero-order valence-electron chi connectivity index (χ0n) is 16.2. The molecule has 1 aliphatic rings. The fraction of sp³-hybridized carbons (Fsp3) is 0.667. The minimum absolute atomic E-state index is 0.373. The zero-order chi connectivity index (χ0) is 18.0. The van der Waals surface area contributed by atoms with Crippen LogP contribution in [0.25, 0.3) is 0 Å². The second-order valence-corrected chi connectivity index (χ2v) is 7.27. The van der Waals surface area contributed by atoms with Gasteiger partial charge in [-0.25, -0.2) is 0 Å². The molecule has 0 radical (unpaired) electrons. The van der Waals surface area contributed by atoms with Gasteiger partial charge in [-0.15, -0.1) is 0 Å². The average Bonchev–Trinajstić information content (AvgIpc) is 3.11. The molecule has 0 bridgehead atoms. The van der Waals surface area contributed by atoms with Crippen LogP contribution in [0.2, 0.25) is 0 Å². The first-order chi connectivity index (χ1) is 12.2. The zero-order valence-corrected chi connectivity index (χ0v) is 16.2. The molecule has 0 saturated heterocycles. The molecule has 0 amide bonds. The molecule has 2 N–H and O–H groups in total. The van der Waals surface area contributed by atoms with Crippen LogP contribution in [0.3, 0.4) is 0 Å². The summed E-state index contributed by atoms with van der Waals surface area (Å²) in [6.07, 6.45) is 6.41. The average molecular weight is 346 g/mol. The minimum Gasteiger partial charge on any atom is -0.382 e. The number of rotatable bonds is 9. The molecule has 140 valence electrons. The molecule has 1 atom stereocenters. The summed E-state index contributed by atoms with van der Waals surface area (Å²) in [5, 5.41) is 7.05. The third-order valence-electron chi connectivity index (χ3n) is 5.44. The highest BCUT2D eigenvalue weighted by molar-refractivity contribution is 5.79. The van der Waals surface area contributed by atoms with Crippen LogP contribution in [0.1, 0.15) is 57.4 Å². The van der Waals surface area contributed by atoms with Crippen LogP contribution in [-0.2, 0) is 4.74 Å². The number of hydrogen-bond donors (Lipinski definition) is 2. The van der Waals surface area contributed by atoms with Crippen molar-refractivity contribution >= 4 is 5.96 Å². The summed E-state index contributed by atoms with van der Waals surface area (Å²) in [5.41, 5.74) is 1.73. The molecule has 1 fully saturated rings. The maximum absolute atomic E-state index is 5.61. The predicted octanol–water partition coefficient (Wildman–Crippen LogP) is 3.94. The van der Waals surface area contributed by atoms with E-state index >= 15 is 0 Å². The Morgan fingerprint density at radius 3 is 2.56 bits per heavy atom. The molecular weight excluding hydrogens is 310 g/mol. The summed E-state index contributed by atoms with van der Waals surface area (Å²) in [6.45, 7) is 7.86. The van der Waals surface area contributed by atoms with Gasteiger partial charge in [-0.05, 0) is 43.1 Å². The van der Waals surface area contributed by atoms with Crippen molar-refractivity contribution in [3.63, 3.8) is 0 Å². The van der Waals surface area contributed by atoms with Gasteiger partial charge in [0.05, 0.1) is 0 Å². The molecule has 1 aromatic rings. The Bertz CT molecular complexity index is 509. The van der Waals surface area contributed by atoms with Crippen molar-refractivity contribution in [2.75, 3.05) is 33.4 Å². The molecular formula is C21H35N3O. The number of benzene rings is 1. The van der Waals surface area contributed by atoms with Crippen molar-refractivity contribution in [1.82, 2.24) is 10.6 Å². The van der Waals surface area contributed by atoms with Gasteiger partial charge in [-0.3, -0.25) is 4.99 Å². The van der Waals surface area contributed by atoms with Gasteiger partial charge >= 0.3 is 0 Å². The van der Waals surface area contributed by atoms with Gasteiger partial charge in [-0.1, -0.05) is 50.1 Å². The van der Waals surface area contributed by atoms with E-state index in [1.165, 1.54) is 31.2 Å². The maximum Gasteiger partial charge on any atom is 0.191 e. The van der Waals surface area contributed by atoms with E-state index in [1.807, 2.05) is 7.05 Å². The molecule has 0 aliphatic heterocycles. The van der Waals surface area contributed by atoms with Gasteiger partial charge < -0.3 is 15.4 Å². The third-order valence-corrected chi connectivity index (χ3v) is 5.44. The summed E-state index contributed by atoms with van der Waals surface area (Å²) in [6, 6.07) is 10.6. The monoisotopic (exact) mass is 345 g/mol. The SMILES string of the molecule is CCOCCC1(CNC(=NC)NCC(C)c2ccccc2)CCCC1. The third kappa shape index (κ3) is 6.35. The van der Waals surface area contributed by atoms with E-state index < -0.39 is 0 Å². The van der Waals surface area contributed by atoms with Crippen LogP contribution in [0.4, 0.5) is 0 Å². The Kier molecular flexibility index (Phi) is 8.26. The summed E-state index contributed by atoms with van der Waals surface area (Å²) >= 11 is 0. The van der Waals surface area contributed by atoms with Gasteiger partial charge in [-0.2, -0.15) is 0 Å². The number of nitrogens with zero attached hydrogens (tertiary/aromatic N) is 1. The lowest BCUT2D eigenvalue weighted by Crippen LogP contribution is -2.44. The van der Waals surface area contributed by atoms with E-state index in [0.29, 0.717) is 11.3 Å². The lowest BCUT2D eigenvalue weighted by atomic mass is 9.83. The van der Waals surface area contributed by atoms with Gasteiger partial charge in [0, 0.05) is 33.4 Å². The van der Waals surface area contributed by atoms with E-state index in [9.17, 15) is 0 Å². The van der Waals surface area contributed by atoms with E-state index in [0.717, 1.165) is 38.7 Å². The van der Waals surface area contributed by atoms with Gasteiger partial charge in [0.15, 0.2) is 5.96 Å². The quantitative estimate of drug-likeness (QED) is 0.405. The molecule has 0 heterocycles. The summed E-state index contributed by atoms with van der Waals surface area (Å²) in [4.78, 5) is 4.41. The van der Waals surface area contributed by atoms with E-state index in [2.05, 4.69) is 59.8 Å². The highest BCUT2D eigenvalue weighted by Crippen LogP contribution is 2.40. The first-order valence-electron chi connectivity index (χ1n) is 9.76. The fourth-order valence-corrected chi connectivity index (χ4v) is 3.71.